The van der Waals surface area contributed by atoms with Crippen molar-refractivity contribution in [3.8, 4) is 0 Å². The Morgan fingerprint density at radius 3 is 2.43 bits per heavy atom. The van der Waals surface area contributed by atoms with Crippen molar-refractivity contribution in [1.29, 1.82) is 0 Å². The van der Waals surface area contributed by atoms with E-state index in [0.717, 1.165) is 44.5 Å². The summed E-state index contributed by atoms with van der Waals surface area (Å²) in [6.07, 6.45) is 3.91. The molecule has 0 aliphatic carbocycles. The normalized spacial score (nSPS) is 14.0. The molecule has 0 aromatic heterocycles. The van der Waals surface area contributed by atoms with Gasteiger partial charge in [0.2, 0.25) is 0 Å². The second kappa shape index (κ2) is 9.00. The van der Waals surface area contributed by atoms with Gasteiger partial charge in [0.15, 0.2) is 0 Å². The third-order valence-electron chi connectivity index (χ3n) is 4.15. The highest BCUT2D eigenvalue weighted by Gasteiger charge is 2.25. The molecule has 4 heteroatoms. The van der Waals surface area contributed by atoms with Crippen LogP contribution in [0, 0.1) is 5.82 Å². The molecule has 0 amide bonds. The summed E-state index contributed by atoms with van der Waals surface area (Å²) in [5.41, 5.74) is 0.851. The van der Waals surface area contributed by atoms with Gasteiger partial charge in [0, 0.05) is 24.8 Å². The van der Waals surface area contributed by atoms with Gasteiger partial charge >= 0.3 is 0 Å². The molecule has 0 spiro atoms. The van der Waals surface area contributed by atoms with Crippen molar-refractivity contribution in [1.82, 2.24) is 5.32 Å². The van der Waals surface area contributed by atoms with Crippen molar-refractivity contribution in [3.05, 3.63) is 30.1 Å². The van der Waals surface area contributed by atoms with E-state index >= 15 is 0 Å². The van der Waals surface area contributed by atoms with E-state index in [4.69, 9.17) is 0 Å². The first kappa shape index (κ1) is 17.9. The topological polar surface area (TPSA) is 35.5 Å². The number of hydrogen-bond acceptors (Lipinski definition) is 3. The zero-order valence-electron chi connectivity index (χ0n) is 13.5. The minimum absolute atomic E-state index is 0.167. The van der Waals surface area contributed by atoms with Crippen LogP contribution in [0.1, 0.15) is 39.5 Å². The average Bonchev–Trinajstić information content (AvgIpc) is 2.51. The van der Waals surface area contributed by atoms with Crippen molar-refractivity contribution < 1.29 is 9.50 Å². The number of aliphatic hydroxyl groups excluding tert-OH is 1. The van der Waals surface area contributed by atoms with Crippen LogP contribution in [0.4, 0.5) is 10.1 Å². The molecule has 1 rings (SSSR count). The molecule has 1 aromatic rings. The quantitative estimate of drug-likeness (QED) is 0.696. The molecule has 1 aromatic carbocycles. The molecule has 0 radical (unpaired) electrons. The van der Waals surface area contributed by atoms with Crippen LogP contribution in [0.15, 0.2) is 24.3 Å². The number of halogens is 1. The fourth-order valence-corrected chi connectivity index (χ4v) is 2.51. The van der Waals surface area contributed by atoms with Crippen LogP contribution in [0.2, 0.25) is 0 Å². The van der Waals surface area contributed by atoms with Crippen LogP contribution < -0.4 is 10.2 Å². The summed E-state index contributed by atoms with van der Waals surface area (Å²) in [6, 6.07) is 6.56. The minimum atomic E-state index is -0.207. The summed E-state index contributed by atoms with van der Waals surface area (Å²) in [5.74, 6) is -0.207. The molecule has 0 fully saturated rings. The van der Waals surface area contributed by atoms with E-state index in [9.17, 15) is 9.50 Å². The fourth-order valence-electron chi connectivity index (χ4n) is 2.51. The van der Waals surface area contributed by atoms with Gasteiger partial charge in [-0.1, -0.05) is 13.8 Å². The van der Waals surface area contributed by atoms with Crippen molar-refractivity contribution in [2.24, 2.45) is 0 Å². The van der Waals surface area contributed by atoms with E-state index in [1.165, 1.54) is 12.1 Å². The number of nitrogens with one attached hydrogen (secondary N) is 1. The summed E-state index contributed by atoms with van der Waals surface area (Å²) in [4.78, 5) is 2.12. The highest BCUT2D eigenvalue weighted by molar-refractivity contribution is 5.45. The SMILES string of the molecule is CCCNC(CC)(CO)CCCN(C)c1ccc(F)cc1. The maximum atomic E-state index is 12.9. The maximum absolute atomic E-state index is 12.9. The van der Waals surface area contributed by atoms with Crippen LogP contribution in [-0.4, -0.2) is 37.4 Å². The first-order valence-electron chi connectivity index (χ1n) is 7.89. The Balaban J connectivity index is 2.47. The Bertz CT molecular complexity index is 390. The molecule has 3 nitrogen and oxygen atoms in total. The van der Waals surface area contributed by atoms with Gasteiger partial charge in [-0.2, -0.15) is 0 Å². The van der Waals surface area contributed by atoms with Crippen LogP contribution in [0.25, 0.3) is 0 Å². The predicted molar refractivity (Wildman–Crippen MR) is 87.3 cm³/mol. The van der Waals surface area contributed by atoms with Crippen LogP contribution in [0.5, 0.6) is 0 Å². The molecule has 21 heavy (non-hydrogen) atoms. The number of anilines is 1. The Kier molecular flexibility index (Phi) is 7.68. The first-order valence-corrected chi connectivity index (χ1v) is 7.89. The third kappa shape index (κ3) is 5.64. The lowest BCUT2D eigenvalue weighted by Crippen LogP contribution is -2.48. The van der Waals surface area contributed by atoms with E-state index in [-0.39, 0.29) is 18.0 Å². The highest BCUT2D eigenvalue weighted by Crippen LogP contribution is 2.19. The molecule has 120 valence electrons. The first-order chi connectivity index (χ1) is 10.1. The summed E-state index contributed by atoms with van der Waals surface area (Å²) in [5, 5.41) is 13.2. The molecule has 0 heterocycles. The van der Waals surface area contributed by atoms with Crippen molar-refractivity contribution in [2.45, 2.75) is 45.1 Å². The molecule has 0 saturated heterocycles. The molecule has 0 saturated carbocycles. The van der Waals surface area contributed by atoms with E-state index in [0.29, 0.717) is 0 Å². The maximum Gasteiger partial charge on any atom is 0.123 e. The fraction of sp³-hybridized carbons (Fsp3) is 0.647. The zero-order chi connectivity index (χ0) is 15.7. The Labute approximate surface area is 128 Å². The Hall–Kier alpha value is -1.13. The van der Waals surface area contributed by atoms with Gasteiger partial charge < -0.3 is 15.3 Å². The zero-order valence-corrected chi connectivity index (χ0v) is 13.5. The van der Waals surface area contributed by atoms with Gasteiger partial charge in [0.1, 0.15) is 5.82 Å². The van der Waals surface area contributed by atoms with Gasteiger partial charge in [0.25, 0.3) is 0 Å². The lowest BCUT2D eigenvalue weighted by atomic mass is 9.91. The van der Waals surface area contributed by atoms with Crippen LogP contribution in [-0.2, 0) is 0 Å². The van der Waals surface area contributed by atoms with Crippen molar-refractivity contribution >= 4 is 5.69 Å². The van der Waals surface area contributed by atoms with Gasteiger partial charge in [-0.25, -0.2) is 4.39 Å². The minimum Gasteiger partial charge on any atom is -0.394 e. The van der Waals surface area contributed by atoms with Gasteiger partial charge in [0.05, 0.1) is 6.61 Å². The van der Waals surface area contributed by atoms with Gasteiger partial charge in [-0.3, -0.25) is 0 Å². The summed E-state index contributed by atoms with van der Waals surface area (Å²) >= 11 is 0. The standard InChI is InChI=1S/C17H29FN2O/c1-4-12-19-17(5-2,14-21)11-6-13-20(3)16-9-7-15(18)8-10-16/h7-10,19,21H,4-6,11-14H2,1-3H3. The van der Waals surface area contributed by atoms with Crippen molar-refractivity contribution in [2.75, 3.05) is 31.6 Å². The number of hydrogen-bond donors (Lipinski definition) is 2. The highest BCUT2D eigenvalue weighted by atomic mass is 19.1. The van der Waals surface area contributed by atoms with E-state index in [2.05, 4.69) is 24.1 Å². The number of nitrogens with zero attached hydrogens (tertiary/aromatic N) is 1. The van der Waals surface area contributed by atoms with Gasteiger partial charge in [-0.15, -0.1) is 0 Å². The van der Waals surface area contributed by atoms with Crippen LogP contribution >= 0.6 is 0 Å². The second-order valence-electron chi connectivity index (χ2n) is 5.72. The molecule has 0 aliphatic rings. The van der Waals surface area contributed by atoms with E-state index < -0.39 is 0 Å². The molecule has 1 unspecified atom stereocenters. The molecule has 1 atom stereocenters. The largest absolute Gasteiger partial charge is 0.394 e. The predicted octanol–water partition coefficient (Wildman–Crippen LogP) is 3.18. The molecule has 0 aliphatic heterocycles. The monoisotopic (exact) mass is 296 g/mol. The van der Waals surface area contributed by atoms with Gasteiger partial charge in [-0.05, 0) is 56.5 Å². The Morgan fingerprint density at radius 1 is 1.24 bits per heavy atom. The average molecular weight is 296 g/mol. The number of rotatable bonds is 10. The lowest BCUT2D eigenvalue weighted by molar-refractivity contribution is 0.145. The Morgan fingerprint density at radius 2 is 1.90 bits per heavy atom. The molecular weight excluding hydrogens is 267 g/mol. The second-order valence-corrected chi connectivity index (χ2v) is 5.72. The van der Waals surface area contributed by atoms with E-state index in [1.807, 2.05) is 7.05 Å². The number of benzene rings is 1. The molecular formula is C17H29FN2O. The van der Waals surface area contributed by atoms with Crippen LogP contribution in [0.3, 0.4) is 0 Å². The smallest absolute Gasteiger partial charge is 0.123 e. The third-order valence-corrected chi connectivity index (χ3v) is 4.15. The lowest BCUT2D eigenvalue weighted by Gasteiger charge is -2.33. The number of aliphatic hydroxyl groups is 1. The van der Waals surface area contributed by atoms with E-state index in [1.54, 1.807) is 12.1 Å². The summed E-state index contributed by atoms with van der Waals surface area (Å²) < 4.78 is 12.9. The molecule has 0 bridgehead atoms. The summed E-state index contributed by atoms with van der Waals surface area (Å²) in [7, 11) is 2.01. The van der Waals surface area contributed by atoms with Crippen molar-refractivity contribution in [3.63, 3.8) is 0 Å². The molecule has 2 N–H and O–H groups in total. The summed E-state index contributed by atoms with van der Waals surface area (Å²) in [6.45, 7) is 6.24.